The number of carbonyl (C=O) groups is 1. The highest BCUT2D eigenvalue weighted by atomic mass is 19.1. The van der Waals surface area contributed by atoms with Gasteiger partial charge in [-0.2, -0.15) is 0 Å². The third-order valence-corrected chi connectivity index (χ3v) is 2.69. The van der Waals surface area contributed by atoms with Crippen LogP contribution >= 0.6 is 0 Å². The quantitative estimate of drug-likeness (QED) is 0.791. The molecule has 0 saturated carbocycles. The summed E-state index contributed by atoms with van der Waals surface area (Å²) in [5.74, 6) is -0.685. The Morgan fingerprint density at radius 3 is 2.63 bits per heavy atom. The number of hydrogen-bond donors (Lipinski definition) is 0. The molecule has 1 aromatic heterocycles. The van der Waals surface area contributed by atoms with Gasteiger partial charge in [-0.05, 0) is 12.5 Å². The normalized spacial score (nSPS) is 10.3. The molecule has 1 aromatic carbocycles. The van der Waals surface area contributed by atoms with Crippen molar-refractivity contribution in [3.8, 4) is 5.75 Å². The number of ether oxygens (including phenoxy) is 1. The number of aryl methyl sites for hydroxylation is 1. The zero-order valence-electron chi connectivity index (χ0n) is 10.8. The molecule has 0 saturated heterocycles. The summed E-state index contributed by atoms with van der Waals surface area (Å²) in [7, 11) is 0. The van der Waals surface area contributed by atoms with Gasteiger partial charge in [-0.3, -0.25) is 4.79 Å². The van der Waals surface area contributed by atoms with Gasteiger partial charge in [0, 0.05) is 13.0 Å². The number of nitrogens with zero attached hydrogens (tertiary/aromatic N) is 1. The van der Waals surface area contributed by atoms with E-state index in [0.29, 0.717) is 0 Å². The van der Waals surface area contributed by atoms with Gasteiger partial charge in [0.1, 0.15) is 12.3 Å². The number of carbonyl (C=O) groups excluding carboxylic acids is 1. The summed E-state index contributed by atoms with van der Waals surface area (Å²) in [5, 5.41) is 0. The molecule has 0 spiro atoms. The Hall–Kier alpha value is -2.23. The summed E-state index contributed by atoms with van der Waals surface area (Å²) >= 11 is 0. The summed E-state index contributed by atoms with van der Waals surface area (Å²) in [6, 6.07) is 10.8. The molecule has 2 rings (SSSR count). The molecule has 0 amide bonds. The van der Waals surface area contributed by atoms with Gasteiger partial charge in [-0.1, -0.05) is 30.3 Å². The minimum absolute atomic E-state index is 0.0570. The van der Waals surface area contributed by atoms with Crippen molar-refractivity contribution in [2.45, 2.75) is 20.5 Å². The van der Waals surface area contributed by atoms with E-state index in [1.165, 1.54) is 19.9 Å². The van der Waals surface area contributed by atoms with E-state index < -0.39 is 5.82 Å². The van der Waals surface area contributed by atoms with E-state index in [-0.39, 0.29) is 29.5 Å². The average molecular weight is 259 g/mol. The van der Waals surface area contributed by atoms with Gasteiger partial charge in [0.2, 0.25) is 0 Å². The monoisotopic (exact) mass is 259 g/mol. The van der Waals surface area contributed by atoms with E-state index in [4.69, 9.17) is 4.74 Å². The van der Waals surface area contributed by atoms with E-state index in [1.807, 2.05) is 30.3 Å². The van der Waals surface area contributed by atoms with Gasteiger partial charge >= 0.3 is 0 Å². The Morgan fingerprint density at radius 1 is 1.32 bits per heavy atom. The number of ketones is 1. The fourth-order valence-corrected chi connectivity index (χ4v) is 1.65. The number of benzene rings is 1. The van der Waals surface area contributed by atoms with Crippen molar-refractivity contribution in [2.75, 3.05) is 0 Å². The Morgan fingerprint density at radius 2 is 2.00 bits per heavy atom. The van der Waals surface area contributed by atoms with Crippen LogP contribution in [0, 0.1) is 12.7 Å². The highest BCUT2D eigenvalue weighted by Gasteiger charge is 2.13. The van der Waals surface area contributed by atoms with Gasteiger partial charge in [-0.25, -0.2) is 9.37 Å². The first kappa shape index (κ1) is 13.2. The van der Waals surface area contributed by atoms with E-state index in [9.17, 15) is 9.18 Å². The lowest BCUT2D eigenvalue weighted by atomic mass is 10.2. The molecule has 0 bridgehead atoms. The molecule has 0 atom stereocenters. The smallest absolute Gasteiger partial charge is 0.186 e. The van der Waals surface area contributed by atoms with Crippen molar-refractivity contribution in [2.24, 2.45) is 0 Å². The summed E-state index contributed by atoms with van der Waals surface area (Å²) in [6.45, 7) is 3.15. The molecule has 98 valence electrons. The minimum atomic E-state index is -0.527. The van der Waals surface area contributed by atoms with Crippen molar-refractivity contribution in [1.29, 1.82) is 0 Å². The molecule has 3 nitrogen and oxygen atoms in total. The van der Waals surface area contributed by atoms with Crippen molar-refractivity contribution in [3.05, 3.63) is 59.2 Å². The van der Waals surface area contributed by atoms with E-state index in [0.717, 1.165) is 5.56 Å². The second kappa shape index (κ2) is 5.61. The Balaban J connectivity index is 2.22. The van der Waals surface area contributed by atoms with Crippen LogP contribution in [0.15, 0.2) is 36.4 Å². The van der Waals surface area contributed by atoms with Crippen LogP contribution in [-0.4, -0.2) is 10.8 Å². The highest BCUT2D eigenvalue weighted by Crippen LogP contribution is 2.21. The Labute approximate surface area is 111 Å². The number of Topliss-reactive ketones (excluding diaryl/α,β-unsaturated/α-hetero) is 1. The molecular formula is C15H14FNO2. The fraction of sp³-hybridized carbons (Fsp3) is 0.200. The summed E-state index contributed by atoms with van der Waals surface area (Å²) in [5.41, 5.74) is 1.30. The molecule has 19 heavy (non-hydrogen) atoms. The first-order valence-electron chi connectivity index (χ1n) is 5.92. The number of pyridine rings is 1. The summed E-state index contributed by atoms with van der Waals surface area (Å²) in [4.78, 5) is 15.2. The lowest BCUT2D eigenvalue weighted by molar-refractivity contribution is 0.101. The minimum Gasteiger partial charge on any atom is -0.486 e. The maximum absolute atomic E-state index is 13.8. The third kappa shape index (κ3) is 3.16. The van der Waals surface area contributed by atoms with Gasteiger partial charge in [-0.15, -0.1) is 0 Å². The molecule has 0 fully saturated rings. The molecule has 0 aliphatic heterocycles. The average Bonchev–Trinajstić information content (AvgIpc) is 2.41. The third-order valence-electron chi connectivity index (χ3n) is 2.69. The van der Waals surface area contributed by atoms with Gasteiger partial charge in [0.05, 0.1) is 5.69 Å². The molecule has 0 aliphatic carbocycles. The predicted molar refractivity (Wildman–Crippen MR) is 69.7 cm³/mol. The van der Waals surface area contributed by atoms with Crippen molar-refractivity contribution in [1.82, 2.24) is 4.98 Å². The van der Waals surface area contributed by atoms with Crippen LogP contribution in [0.2, 0.25) is 0 Å². The van der Waals surface area contributed by atoms with Crippen LogP contribution in [0.5, 0.6) is 5.75 Å². The zero-order valence-corrected chi connectivity index (χ0v) is 10.8. The molecule has 0 N–H and O–H groups in total. The molecular weight excluding hydrogens is 245 g/mol. The van der Waals surface area contributed by atoms with Crippen LogP contribution in [0.1, 0.15) is 28.7 Å². The van der Waals surface area contributed by atoms with Crippen molar-refractivity contribution >= 4 is 5.78 Å². The van der Waals surface area contributed by atoms with Gasteiger partial charge < -0.3 is 4.74 Å². The van der Waals surface area contributed by atoms with E-state index in [1.54, 1.807) is 0 Å². The van der Waals surface area contributed by atoms with Crippen LogP contribution in [0.4, 0.5) is 4.39 Å². The number of rotatable bonds is 4. The highest BCUT2D eigenvalue weighted by molar-refractivity contribution is 5.92. The van der Waals surface area contributed by atoms with Crippen LogP contribution < -0.4 is 4.74 Å². The maximum atomic E-state index is 13.8. The molecule has 0 unspecified atom stereocenters. The van der Waals surface area contributed by atoms with Crippen LogP contribution in [0.3, 0.4) is 0 Å². The summed E-state index contributed by atoms with van der Waals surface area (Å²) in [6.07, 6.45) is 0. The lowest BCUT2D eigenvalue weighted by Crippen LogP contribution is -2.05. The molecule has 0 aliphatic rings. The fourth-order valence-electron chi connectivity index (χ4n) is 1.65. The van der Waals surface area contributed by atoms with Crippen LogP contribution in [-0.2, 0) is 6.61 Å². The number of hydrogen-bond acceptors (Lipinski definition) is 3. The standard InChI is InChI=1S/C15H14FNO2/c1-10-15(16)14(8-13(17-10)11(2)18)19-9-12-6-4-3-5-7-12/h3-8H,9H2,1-2H3. The Bertz CT molecular complexity index is 597. The Kier molecular flexibility index (Phi) is 3.90. The van der Waals surface area contributed by atoms with Gasteiger partial charge in [0.25, 0.3) is 0 Å². The molecule has 0 radical (unpaired) electrons. The zero-order chi connectivity index (χ0) is 13.8. The SMILES string of the molecule is CC(=O)c1cc(OCc2ccccc2)c(F)c(C)n1. The van der Waals surface area contributed by atoms with Crippen molar-refractivity contribution in [3.63, 3.8) is 0 Å². The summed E-state index contributed by atoms with van der Waals surface area (Å²) < 4.78 is 19.3. The molecule has 2 aromatic rings. The molecule has 1 heterocycles. The second-order valence-corrected chi connectivity index (χ2v) is 4.24. The maximum Gasteiger partial charge on any atom is 0.186 e. The molecule has 4 heteroatoms. The van der Waals surface area contributed by atoms with Gasteiger partial charge in [0.15, 0.2) is 17.3 Å². The first-order valence-corrected chi connectivity index (χ1v) is 5.92. The second-order valence-electron chi connectivity index (χ2n) is 4.24. The van der Waals surface area contributed by atoms with E-state index in [2.05, 4.69) is 4.98 Å². The number of aromatic nitrogens is 1. The topological polar surface area (TPSA) is 39.2 Å². The van der Waals surface area contributed by atoms with E-state index >= 15 is 0 Å². The number of halogens is 1. The predicted octanol–water partition coefficient (Wildman–Crippen LogP) is 3.31. The first-order chi connectivity index (χ1) is 9.08. The largest absolute Gasteiger partial charge is 0.486 e. The van der Waals surface area contributed by atoms with Crippen molar-refractivity contribution < 1.29 is 13.9 Å². The van der Waals surface area contributed by atoms with Crippen LogP contribution in [0.25, 0.3) is 0 Å². The lowest BCUT2D eigenvalue weighted by Gasteiger charge is -2.09.